The fourth-order valence-electron chi connectivity index (χ4n) is 1.32. The number of ether oxygens (including phenoxy) is 1. The molecule has 1 unspecified atom stereocenters. The smallest absolute Gasteiger partial charge is 0.246 e. The van der Waals surface area contributed by atoms with Gasteiger partial charge in [-0.25, -0.2) is 4.98 Å². The highest BCUT2D eigenvalue weighted by Gasteiger charge is 2.07. The lowest BCUT2D eigenvalue weighted by Crippen LogP contribution is -2.38. The van der Waals surface area contributed by atoms with Crippen LogP contribution >= 0.6 is 0 Å². The van der Waals surface area contributed by atoms with Crippen LogP contribution in [0.4, 0.5) is 0 Å². The van der Waals surface area contributed by atoms with Crippen molar-refractivity contribution in [3.63, 3.8) is 0 Å². The molecule has 6 heteroatoms. The van der Waals surface area contributed by atoms with Crippen LogP contribution in [0.5, 0.6) is 0 Å². The van der Waals surface area contributed by atoms with E-state index in [0.29, 0.717) is 19.7 Å². The molecule has 3 N–H and O–H groups in total. The van der Waals surface area contributed by atoms with Gasteiger partial charge in [0.05, 0.1) is 12.9 Å². The average Bonchev–Trinajstić information content (AvgIpc) is 2.70. The maximum Gasteiger partial charge on any atom is 0.246 e. The fourth-order valence-corrected chi connectivity index (χ4v) is 1.32. The maximum atomic E-state index is 11.4. The van der Waals surface area contributed by atoms with Crippen molar-refractivity contribution in [1.29, 1.82) is 0 Å². The molecule has 0 saturated heterocycles. The molecule has 1 aromatic heterocycles. The highest BCUT2D eigenvalue weighted by Crippen LogP contribution is 1.91. The quantitative estimate of drug-likeness (QED) is 0.606. The van der Waals surface area contributed by atoms with E-state index in [-0.39, 0.29) is 18.6 Å². The summed E-state index contributed by atoms with van der Waals surface area (Å²) in [6, 6.07) is 0.0446. The summed E-state index contributed by atoms with van der Waals surface area (Å²) in [4.78, 5) is 15.3. The number of carbonyl (C=O) groups excluding carboxylic acids is 1. The van der Waals surface area contributed by atoms with E-state index >= 15 is 0 Å². The summed E-state index contributed by atoms with van der Waals surface area (Å²) in [6.45, 7) is 3.52. The largest absolute Gasteiger partial charge is 0.370 e. The minimum absolute atomic E-state index is 0.0446. The minimum atomic E-state index is -0.124. The first-order chi connectivity index (χ1) is 7.72. The predicted molar refractivity (Wildman–Crippen MR) is 59.7 cm³/mol. The Labute approximate surface area is 94.8 Å². The van der Waals surface area contributed by atoms with Crippen molar-refractivity contribution >= 4 is 5.91 Å². The van der Waals surface area contributed by atoms with Crippen molar-refractivity contribution in [3.8, 4) is 0 Å². The Hall–Kier alpha value is -1.40. The number of nitrogens with one attached hydrogen (secondary N) is 1. The number of nitrogens with zero attached hydrogens (tertiary/aromatic N) is 2. The SMILES string of the molecule is CC(Cn1ccnc1)NC(=O)COCCN. The van der Waals surface area contributed by atoms with Gasteiger partial charge in [-0.1, -0.05) is 0 Å². The molecule has 0 radical (unpaired) electrons. The summed E-state index contributed by atoms with van der Waals surface area (Å²) < 4.78 is 6.93. The molecule has 0 aliphatic carbocycles. The van der Waals surface area contributed by atoms with E-state index in [4.69, 9.17) is 10.5 Å². The van der Waals surface area contributed by atoms with Crippen molar-refractivity contribution in [1.82, 2.24) is 14.9 Å². The molecule has 0 aliphatic heterocycles. The number of hydrogen-bond donors (Lipinski definition) is 2. The van der Waals surface area contributed by atoms with E-state index in [0.717, 1.165) is 0 Å². The second kappa shape index (κ2) is 6.97. The van der Waals surface area contributed by atoms with Crippen molar-refractivity contribution in [2.75, 3.05) is 19.8 Å². The Balaban J connectivity index is 2.18. The molecule has 90 valence electrons. The van der Waals surface area contributed by atoms with Crippen LogP contribution in [0.25, 0.3) is 0 Å². The lowest BCUT2D eigenvalue weighted by molar-refractivity contribution is -0.126. The van der Waals surface area contributed by atoms with Gasteiger partial charge in [0.2, 0.25) is 5.91 Å². The van der Waals surface area contributed by atoms with Crippen LogP contribution in [0.3, 0.4) is 0 Å². The highest BCUT2D eigenvalue weighted by molar-refractivity contribution is 5.77. The molecule has 0 aliphatic rings. The van der Waals surface area contributed by atoms with E-state index in [1.807, 2.05) is 17.7 Å². The summed E-state index contributed by atoms with van der Waals surface area (Å²) in [7, 11) is 0. The number of hydrogen-bond acceptors (Lipinski definition) is 4. The second-order valence-corrected chi connectivity index (χ2v) is 3.57. The van der Waals surface area contributed by atoms with E-state index < -0.39 is 0 Å². The molecule has 1 aromatic rings. The molecule has 6 nitrogen and oxygen atoms in total. The molecule has 0 fully saturated rings. The van der Waals surface area contributed by atoms with E-state index in [1.165, 1.54) is 0 Å². The van der Waals surface area contributed by atoms with Gasteiger partial charge in [-0.05, 0) is 6.92 Å². The summed E-state index contributed by atoms with van der Waals surface area (Å²) in [5.41, 5.74) is 5.24. The topological polar surface area (TPSA) is 82.2 Å². The molecule has 1 rings (SSSR count). The summed E-state index contributed by atoms with van der Waals surface area (Å²) in [5.74, 6) is -0.124. The second-order valence-electron chi connectivity index (χ2n) is 3.57. The van der Waals surface area contributed by atoms with Gasteiger partial charge in [-0.15, -0.1) is 0 Å². The van der Waals surface area contributed by atoms with Gasteiger partial charge in [0.1, 0.15) is 6.61 Å². The van der Waals surface area contributed by atoms with Gasteiger partial charge in [0.15, 0.2) is 0 Å². The zero-order valence-corrected chi connectivity index (χ0v) is 9.43. The lowest BCUT2D eigenvalue weighted by atomic mass is 10.3. The molecule has 1 heterocycles. The zero-order chi connectivity index (χ0) is 11.8. The number of nitrogens with two attached hydrogens (primary N) is 1. The van der Waals surface area contributed by atoms with Gasteiger partial charge in [-0.3, -0.25) is 4.79 Å². The molecular formula is C10H18N4O2. The molecule has 0 bridgehead atoms. The third-order valence-corrected chi connectivity index (χ3v) is 1.95. The first kappa shape index (κ1) is 12.7. The Morgan fingerprint density at radius 1 is 1.69 bits per heavy atom. The molecule has 0 aromatic carbocycles. The van der Waals surface area contributed by atoms with Crippen molar-refractivity contribution in [2.45, 2.75) is 19.5 Å². The number of aromatic nitrogens is 2. The molecule has 1 amide bonds. The lowest BCUT2D eigenvalue weighted by Gasteiger charge is -2.14. The van der Waals surface area contributed by atoms with Crippen LogP contribution in [-0.4, -0.2) is 41.3 Å². The third-order valence-electron chi connectivity index (χ3n) is 1.95. The first-order valence-corrected chi connectivity index (χ1v) is 5.25. The van der Waals surface area contributed by atoms with E-state index in [9.17, 15) is 4.79 Å². The zero-order valence-electron chi connectivity index (χ0n) is 9.43. The molecule has 1 atom stereocenters. The van der Waals surface area contributed by atoms with Crippen molar-refractivity contribution < 1.29 is 9.53 Å². The van der Waals surface area contributed by atoms with Gasteiger partial charge in [-0.2, -0.15) is 0 Å². The molecular weight excluding hydrogens is 208 g/mol. The summed E-state index contributed by atoms with van der Waals surface area (Å²) in [6.07, 6.45) is 5.28. The van der Waals surface area contributed by atoms with Crippen LogP contribution in [0.1, 0.15) is 6.92 Å². The normalized spacial score (nSPS) is 12.4. The maximum absolute atomic E-state index is 11.4. The van der Waals surface area contributed by atoms with Crippen molar-refractivity contribution in [3.05, 3.63) is 18.7 Å². The monoisotopic (exact) mass is 226 g/mol. The Bertz CT molecular complexity index is 300. The van der Waals surface area contributed by atoms with Crippen molar-refractivity contribution in [2.24, 2.45) is 5.73 Å². The van der Waals surface area contributed by atoms with Gasteiger partial charge >= 0.3 is 0 Å². The first-order valence-electron chi connectivity index (χ1n) is 5.25. The van der Waals surface area contributed by atoms with E-state index in [2.05, 4.69) is 10.3 Å². The predicted octanol–water partition coefficient (Wildman–Crippen LogP) is -0.637. The van der Waals surface area contributed by atoms with Gasteiger partial charge in [0.25, 0.3) is 0 Å². The van der Waals surface area contributed by atoms with Crippen LogP contribution < -0.4 is 11.1 Å². The molecule has 16 heavy (non-hydrogen) atoms. The van der Waals surface area contributed by atoms with Crippen LogP contribution in [0.15, 0.2) is 18.7 Å². The number of carbonyl (C=O) groups is 1. The minimum Gasteiger partial charge on any atom is -0.370 e. The molecule has 0 saturated carbocycles. The van der Waals surface area contributed by atoms with Gasteiger partial charge in [0, 0.05) is 31.5 Å². The van der Waals surface area contributed by atoms with Crippen LogP contribution in [0.2, 0.25) is 0 Å². The Morgan fingerprint density at radius 3 is 3.12 bits per heavy atom. The van der Waals surface area contributed by atoms with Crippen LogP contribution in [0, 0.1) is 0 Å². The average molecular weight is 226 g/mol. The summed E-state index contributed by atoms with van der Waals surface area (Å²) in [5, 5.41) is 2.82. The molecule has 0 spiro atoms. The highest BCUT2D eigenvalue weighted by atomic mass is 16.5. The van der Waals surface area contributed by atoms with Crippen LogP contribution in [-0.2, 0) is 16.1 Å². The number of imidazole rings is 1. The summed E-state index contributed by atoms with van der Waals surface area (Å²) >= 11 is 0. The number of amides is 1. The van der Waals surface area contributed by atoms with E-state index in [1.54, 1.807) is 12.5 Å². The Kier molecular flexibility index (Phi) is 5.52. The standard InChI is InChI=1S/C10H18N4O2/c1-9(6-14-4-3-12-8-14)13-10(15)7-16-5-2-11/h3-4,8-9H,2,5-7,11H2,1H3,(H,13,15). The number of rotatable bonds is 7. The Morgan fingerprint density at radius 2 is 2.50 bits per heavy atom. The fraction of sp³-hybridized carbons (Fsp3) is 0.600. The van der Waals surface area contributed by atoms with Gasteiger partial charge < -0.3 is 20.4 Å². The third kappa shape index (κ3) is 4.90.